The summed E-state index contributed by atoms with van der Waals surface area (Å²) in [5.41, 5.74) is 3.36. The Bertz CT molecular complexity index is 623. The minimum absolute atomic E-state index is 0.320. The molecule has 0 saturated heterocycles. The fraction of sp³-hybridized carbons (Fsp3) is 0.533. The monoisotopic (exact) mass is 272 g/mol. The second kappa shape index (κ2) is 4.66. The van der Waals surface area contributed by atoms with Gasteiger partial charge >= 0.3 is 0 Å². The maximum atomic E-state index is 9.44. The molecule has 0 aromatic carbocycles. The number of hydrogen-bond donors (Lipinski definition) is 3. The van der Waals surface area contributed by atoms with Crippen LogP contribution >= 0.6 is 0 Å². The van der Waals surface area contributed by atoms with E-state index in [2.05, 4.69) is 26.3 Å². The van der Waals surface area contributed by atoms with Crippen LogP contribution in [0.4, 0.5) is 11.4 Å². The summed E-state index contributed by atoms with van der Waals surface area (Å²) in [6.07, 6.45) is 8.55. The smallest absolute Gasteiger partial charge is 0.139 e. The van der Waals surface area contributed by atoms with Gasteiger partial charge in [-0.25, -0.2) is 4.98 Å². The van der Waals surface area contributed by atoms with Crippen molar-refractivity contribution < 1.29 is 5.11 Å². The first kappa shape index (κ1) is 12.0. The maximum Gasteiger partial charge on any atom is 0.139 e. The SMILES string of the molecule is OC[C@H]1CCC[C@H](N2CNc3cnc4[nH]ccc4c32)C1. The number of rotatable bonds is 2. The van der Waals surface area contributed by atoms with Crippen molar-refractivity contribution in [3.05, 3.63) is 18.5 Å². The third kappa shape index (κ3) is 1.77. The molecule has 2 aliphatic rings. The zero-order valence-corrected chi connectivity index (χ0v) is 11.5. The lowest BCUT2D eigenvalue weighted by Gasteiger charge is -2.35. The molecule has 106 valence electrons. The fourth-order valence-electron chi connectivity index (χ4n) is 3.71. The molecule has 2 aromatic heterocycles. The molecular formula is C15H20N4O. The fourth-order valence-corrected chi connectivity index (χ4v) is 3.71. The molecule has 3 N–H and O–H groups in total. The molecule has 20 heavy (non-hydrogen) atoms. The van der Waals surface area contributed by atoms with E-state index in [-0.39, 0.29) is 0 Å². The lowest BCUT2D eigenvalue weighted by molar-refractivity contribution is 0.178. The Morgan fingerprint density at radius 2 is 2.35 bits per heavy atom. The number of anilines is 2. The first-order valence-electron chi connectivity index (χ1n) is 7.44. The van der Waals surface area contributed by atoms with Gasteiger partial charge in [0, 0.05) is 24.2 Å². The van der Waals surface area contributed by atoms with Crippen molar-refractivity contribution in [2.24, 2.45) is 5.92 Å². The molecular weight excluding hydrogens is 252 g/mol. The van der Waals surface area contributed by atoms with Crippen LogP contribution in [0.1, 0.15) is 25.7 Å². The van der Waals surface area contributed by atoms with Gasteiger partial charge in [-0.3, -0.25) is 0 Å². The van der Waals surface area contributed by atoms with Gasteiger partial charge in [0.2, 0.25) is 0 Å². The maximum absolute atomic E-state index is 9.44. The molecule has 0 radical (unpaired) electrons. The largest absolute Gasteiger partial charge is 0.396 e. The highest BCUT2D eigenvalue weighted by atomic mass is 16.3. The highest BCUT2D eigenvalue weighted by Crippen LogP contribution is 2.41. The first-order valence-corrected chi connectivity index (χ1v) is 7.44. The highest BCUT2D eigenvalue weighted by molar-refractivity contribution is 5.98. The van der Waals surface area contributed by atoms with E-state index >= 15 is 0 Å². The molecule has 2 atom stereocenters. The topological polar surface area (TPSA) is 64.2 Å². The lowest BCUT2D eigenvalue weighted by Crippen LogP contribution is -2.39. The van der Waals surface area contributed by atoms with Crippen molar-refractivity contribution in [1.82, 2.24) is 9.97 Å². The number of nitrogens with zero attached hydrogens (tertiary/aromatic N) is 2. The summed E-state index contributed by atoms with van der Waals surface area (Å²) in [6.45, 7) is 1.17. The second-order valence-corrected chi connectivity index (χ2v) is 5.93. The summed E-state index contributed by atoms with van der Waals surface area (Å²) < 4.78 is 0. The van der Waals surface area contributed by atoms with Crippen molar-refractivity contribution >= 4 is 22.4 Å². The van der Waals surface area contributed by atoms with Gasteiger partial charge in [-0.05, 0) is 31.2 Å². The van der Waals surface area contributed by atoms with Crippen LogP contribution in [0.25, 0.3) is 11.0 Å². The van der Waals surface area contributed by atoms with E-state index < -0.39 is 0 Å². The van der Waals surface area contributed by atoms with E-state index in [9.17, 15) is 5.11 Å². The Kier molecular flexibility index (Phi) is 2.80. The molecule has 0 spiro atoms. The Morgan fingerprint density at radius 3 is 3.25 bits per heavy atom. The predicted molar refractivity (Wildman–Crippen MR) is 79.9 cm³/mol. The second-order valence-electron chi connectivity index (χ2n) is 5.93. The number of aromatic amines is 1. The number of H-pyrrole nitrogens is 1. The van der Waals surface area contributed by atoms with Crippen molar-refractivity contribution in [3.8, 4) is 0 Å². The molecule has 3 heterocycles. The van der Waals surface area contributed by atoms with Crippen LogP contribution < -0.4 is 10.2 Å². The molecule has 2 aromatic rings. The number of aliphatic hydroxyl groups excluding tert-OH is 1. The van der Waals surface area contributed by atoms with Gasteiger partial charge in [-0.1, -0.05) is 6.42 Å². The standard InChI is InChI=1S/C15H20N4O/c20-8-10-2-1-3-11(6-10)19-9-18-13-7-17-15-12(14(13)19)4-5-16-15/h4-5,7,10-11,18,20H,1-3,6,8-9H2,(H,16,17)/t10-,11-/m0/s1. The van der Waals surface area contributed by atoms with Crippen LogP contribution in [0.15, 0.2) is 18.5 Å². The summed E-state index contributed by atoms with van der Waals surface area (Å²) in [5, 5.41) is 14.1. The van der Waals surface area contributed by atoms with Crippen LogP contribution in [0.3, 0.4) is 0 Å². The zero-order valence-electron chi connectivity index (χ0n) is 11.5. The molecule has 0 bridgehead atoms. The normalized spacial score (nSPS) is 25.8. The molecule has 5 nitrogen and oxygen atoms in total. The van der Waals surface area contributed by atoms with E-state index in [1.54, 1.807) is 0 Å². The molecule has 5 heteroatoms. The van der Waals surface area contributed by atoms with E-state index in [1.807, 2.05) is 12.4 Å². The van der Waals surface area contributed by atoms with Crippen LogP contribution in [-0.2, 0) is 0 Å². The number of aromatic nitrogens is 2. The Labute approximate surface area is 118 Å². The average Bonchev–Trinajstić information content (AvgIpc) is 3.12. The van der Waals surface area contributed by atoms with E-state index in [0.29, 0.717) is 18.6 Å². The number of aliphatic hydroxyl groups is 1. The molecule has 1 fully saturated rings. The molecule has 0 amide bonds. The van der Waals surface area contributed by atoms with Gasteiger partial charge < -0.3 is 20.3 Å². The summed E-state index contributed by atoms with van der Waals surface area (Å²) in [6, 6.07) is 2.63. The quantitative estimate of drug-likeness (QED) is 0.785. The predicted octanol–water partition coefficient (Wildman–Crippen LogP) is 2.30. The minimum atomic E-state index is 0.320. The summed E-state index contributed by atoms with van der Waals surface area (Å²) >= 11 is 0. The number of fused-ring (bicyclic) bond motifs is 3. The summed E-state index contributed by atoms with van der Waals surface area (Å²) in [4.78, 5) is 10.1. The zero-order chi connectivity index (χ0) is 13.5. The van der Waals surface area contributed by atoms with Crippen molar-refractivity contribution in [2.75, 3.05) is 23.5 Å². The summed E-state index contributed by atoms with van der Waals surface area (Å²) in [7, 11) is 0. The third-order valence-corrected chi connectivity index (χ3v) is 4.74. The van der Waals surface area contributed by atoms with Gasteiger partial charge in [0.25, 0.3) is 0 Å². The number of pyridine rings is 1. The van der Waals surface area contributed by atoms with E-state index in [1.165, 1.54) is 23.9 Å². The van der Waals surface area contributed by atoms with Crippen LogP contribution in [-0.4, -0.2) is 34.4 Å². The van der Waals surface area contributed by atoms with Crippen molar-refractivity contribution in [3.63, 3.8) is 0 Å². The minimum Gasteiger partial charge on any atom is -0.396 e. The van der Waals surface area contributed by atoms with Gasteiger partial charge in [-0.2, -0.15) is 0 Å². The molecule has 0 unspecified atom stereocenters. The van der Waals surface area contributed by atoms with Crippen LogP contribution in [0.5, 0.6) is 0 Å². The van der Waals surface area contributed by atoms with Gasteiger partial charge in [0.15, 0.2) is 0 Å². The van der Waals surface area contributed by atoms with Gasteiger partial charge in [0.1, 0.15) is 5.65 Å². The first-order chi connectivity index (χ1) is 9.86. The lowest BCUT2D eigenvalue weighted by atomic mass is 9.85. The van der Waals surface area contributed by atoms with Gasteiger partial charge in [0.05, 0.1) is 24.2 Å². The Morgan fingerprint density at radius 1 is 1.40 bits per heavy atom. The molecule has 1 aliphatic carbocycles. The molecule has 1 saturated carbocycles. The van der Waals surface area contributed by atoms with Crippen molar-refractivity contribution in [1.29, 1.82) is 0 Å². The molecule has 1 aliphatic heterocycles. The van der Waals surface area contributed by atoms with Crippen molar-refractivity contribution in [2.45, 2.75) is 31.7 Å². The van der Waals surface area contributed by atoms with Crippen LogP contribution in [0, 0.1) is 5.92 Å². The van der Waals surface area contributed by atoms with Crippen LogP contribution in [0.2, 0.25) is 0 Å². The average molecular weight is 272 g/mol. The van der Waals surface area contributed by atoms with E-state index in [0.717, 1.165) is 30.8 Å². The summed E-state index contributed by atoms with van der Waals surface area (Å²) in [5.74, 6) is 0.460. The van der Waals surface area contributed by atoms with Gasteiger partial charge in [-0.15, -0.1) is 0 Å². The number of nitrogens with one attached hydrogen (secondary N) is 2. The Balaban J connectivity index is 1.71. The third-order valence-electron chi connectivity index (χ3n) is 4.74. The van der Waals surface area contributed by atoms with E-state index in [4.69, 9.17) is 0 Å². The highest BCUT2D eigenvalue weighted by Gasteiger charge is 2.32. The number of hydrogen-bond acceptors (Lipinski definition) is 4. The Hall–Kier alpha value is -1.75. The molecule has 4 rings (SSSR count).